The maximum atomic E-state index is 6.33. The zero-order valence-corrected chi connectivity index (χ0v) is 9.77. The Morgan fingerprint density at radius 2 is 2.00 bits per heavy atom. The Morgan fingerprint density at radius 3 is 2.65 bits per heavy atom. The molecule has 3 nitrogen and oxygen atoms in total. The lowest BCUT2D eigenvalue weighted by molar-refractivity contribution is -0.0562. The summed E-state index contributed by atoms with van der Waals surface area (Å²) in [5.74, 6) is 0.843. The second-order valence-corrected chi connectivity index (χ2v) is 4.55. The highest BCUT2D eigenvalue weighted by Crippen LogP contribution is 2.35. The number of nitrogens with two attached hydrogens (primary N) is 1. The van der Waals surface area contributed by atoms with Gasteiger partial charge in [-0.2, -0.15) is 0 Å². The monoisotopic (exact) mass is 229 g/mol. The van der Waals surface area contributed by atoms with Crippen LogP contribution >= 0.6 is 0 Å². The third-order valence-electron chi connectivity index (χ3n) is 3.33. The molecule has 3 rings (SSSR count). The standard InChI is InChI=1S/C14H15NO2/c1-16-11-6-10-4-2-3-5-12(10)13(7-11)14(15)8-17-9-14/h2-7H,8-9,15H2,1H3. The first-order valence-corrected chi connectivity index (χ1v) is 5.67. The van der Waals surface area contributed by atoms with Crippen molar-refractivity contribution in [1.29, 1.82) is 0 Å². The molecule has 17 heavy (non-hydrogen) atoms. The van der Waals surface area contributed by atoms with Gasteiger partial charge in [0.05, 0.1) is 25.9 Å². The predicted octanol–water partition coefficient (Wildman–Crippen LogP) is 2.03. The van der Waals surface area contributed by atoms with E-state index >= 15 is 0 Å². The van der Waals surface area contributed by atoms with Crippen LogP contribution in [0.15, 0.2) is 36.4 Å². The van der Waals surface area contributed by atoms with Gasteiger partial charge >= 0.3 is 0 Å². The molecule has 2 aromatic carbocycles. The van der Waals surface area contributed by atoms with Crippen LogP contribution in [0.5, 0.6) is 5.75 Å². The summed E-state index contributed by atoms with van der Waals surface area (Å²) in [7, 11) is 1.67. The summed E-state index contributed by atoms with van der Waals surface area (Å²) in [4.78, 5) is 0. The summed E-state index contributed by atoms with van der Waals surface area (Å²) in [5.41, 5.74) is 7.08. The molecule has 0 aliphatic carbocycles. The van der Waals surface area contributed by atoms with E-state index < -0.39 is 0 Å². The van der Waals surface area contributed by atoms with Crippen molar-refractivity contribution in [3.8, 4) is 5.75 Å². The summed E-state index contributed by atoms with van der Waals surface area (Å²) < 4.78 is 10.6. The fraction of sp³-hybridized carbons (Fsp3) is 0.286. The van der Waals surface area contributed by atoms with E-state index in [1.165, 1.54) is 5.39 Å². The van der Waals surface area contributed by atoms with Gasteiger partial charge in [0.1, 0.15) is 5.75 Å². The summed E-state index contributed by atoms with van der Waals surface area (Å²) in [6.45, 7) is 1.15. The lowest BCUT2D eigenvalue weighted by Crippen LogP contribution is -2.54. The van der Waals surface area contributed by atoms with E-state index in [-0.39, 0.29) is 5.54 Å². The maximum Gasteiger partial charge on any atom is 0.119 e. The average Bonchev–Trinajstić information content (AvgIpc) is 2.34. The molecule has 1 aliphatic rings. The second-order valence-electron chi connectivity index (χ2n) is 4.55. The summed E-state index contributed by atoms with van der Waals surface area (Å²) >= 11 is 0. The Balaban J connectivity index is 2.27. The van der Waals surface area contributed by atoms with Crippen LogP contribution in [0, 0.1) is 0 Å². The number of benzene rings is 2. The van der Waals surface area contributed by atoms with Crippen LogP contribution in [0.4, 0.5) is 0 Å². The maximum absolute atomic E-state index is 6.33. The first kappa shape index (κ1) is 10.6. The summed E-state index contributed by atoms with van der Waals surface area (Å²) in [6, 6.07) is 12.3. The Morgan fingerprint density at radius 1 is 1.24 bits per heavy atom. The van der Waals surface area contributed by atoms with Gasteiger partial charge in [0, 0.05) is 0 Å². The molecule has 0 saturated carbocycles. The minimum absolute atomic E-state index is 0.367. The van der Waals surface area contributed by atoms with Gasteiger partial charge in [-0.1, -0.05) is 24.3 Å². The lowest BCUT2D eigenvalue weighted by atomic mass is 9.85. The summed E-state index contributed by atoms with van der Waals surface area (Å²) in [6.07, 6.45) is 0. The van der Waals surface area contributed by atoms with Crippen LogP contribution in [-0.2, 0) is 10.3 Å². The SMILES string of the molecule is COc1cc(C2(N)COC2)c2ccccc2c1. The molecule has 0 atom stereocenters. The van der Waals surface area contributed by atoms with Crippen molar-refractivity contribution in [3.05, 3.63) is 42.0 Å². The number of methoxy groups -OCH3 is 1. The van der Waals surface area contributed by atoms with E-state index in [4.69, 9.17) is 15.2 Å². The largest absolute Gasteiger partial charge is 0.497 e. The third kappa shape index (κ3) is 1.59. The molecule has 1 saturated heterocycles. The van der Waals surface area contributed by atoms with E-state index in [1.807, 2.05) is 24.3 Å². The molecular formula is C14H15NO2. The smallest absolute Gasteiger partial charge is 0.119 e. The fourth-order valence-electron chi connectivity index (χ4n) is 2.29. The van der Waals surface area contributed by atoms with Gasteiger partial charge in [0.15, 0.2) is 0 Å². The molecule has 1 aliphatic heterocycles. The minimum Gasteiger partial charge on any atom is -0.497 e. The topological polar surface area (TPSA) is 44.5 Å². The highest BCUT2D eigenvalue weighted by atomic mass is 16.5. The molecule has 0 bridgehead atoms. The zero-order chi connectivity index (χ0) is 11.9. The van der Waals surface area contributed by atoms with E-state index in [9.17, 15) is 0 Å². The van der Waals surface area contributed by atoms with Crippen LogP contribution in [0.1, 0.15) is 5.56 Å². The molecule has 2 aromatic rings. The van der Waals surface area contributed by atoms with Gasteiger partial charge in [-0.25, -0.2) is 0 Å². The Labute approximate surface area is 100 Å². The van der Waals surface area contributed by atoms with Gasteiger partial charge in [-0.05, 0) is 28.5 Å². The van der Waals surface area contributed by atoms with Crippen molar-refractivity contribution < 1.29 is 9.47 Å². The van der Waals surface area contributed by atoms with Crippen LogP contribution in [0.3, 0.4) is 0 Å². The van der Waals surface area contributed by atoms with Crippen molar-refractivity contribution in [2.75, 3.05) is 20.3 Å². The molecule has 0 aromatic heterocycles. The van der Waals surface area contributed by atoms with Gasteiger partial charge in [0.25, 0.3) is 0 Å². The Bertz CT molecular complexity index is 561. The van der Waals surface area contributed by atoms with Crippen LogP contribution in [0.25, 0.3) is 10.8 Å². The molecule has 0 amide bonds. The lowest BCUT2D eigenvalue weighted by Gasteiger charge is -2.39. The first-order chi connectivity index (χ1) is 8.23. The number of fused-ring (bicyclic) bond motifs is 1. The van der Waals surface area contributed by atoms with Gasteiger partial charge in [-0.15, -0.1) is 0 Å². The average molecular weight is 229 g/mol. The zero-order valence-electron chi connectivity index (χ0n) is 9.77. The van der Waals surface area contributed by atoms with Gasteiger partial charge in [0.2, 0.25) is 0 Å². The minimum atomic E-state index is -0.367. The van der Waals surface area contributed by atoms with E-state index in [0.717, 1.165) is 16.7 Å². The number of hydrogen-bond donors (Lipinski definition) is 1. The molecule has 3 heteroatoms. The van der Waals surface area contributed by atoms with Crippen molar-refractivity contribution in [2.45, 2.75) is 5.54 Å². The fourth-order valence-corrected chi connectivity index (χ4v) is 2.29. The molecule has 1 heterocycles. The molecule has 88 valence electrons. The van der Waals surface area contributed by atoms with Crippen LogP contribution in [0.2, 0.25) is 0 Å². The highest BCUT2D eigenvalue weighted by Gasteiger charge is 2.37. The van der Waals surface area contributed by atoms with Gasteiger partial charge in [-0.3, -0.25) is 0 Å². The van der Waals surface area contributed by atoms with Crippen molar-refractivity contribution in [3.63, 3.8) is 0 Å². The molecule has 2 N–H and O–H groups in total. The molecular weight excluding hydrogens is 214 g/mol. The van der Waals surface area contributed by atoms with E-state index in [0.29, 0.717) is 13.2 Å². The van der Waals surface area contributed by atoms with E-state index in [2.05, 4.69) is 12.1 Å². The van der Waals surface area contributed by atoms with Gasteiger partial charge < -0.3 is 15.2 Å². The highest BCUT2D eigenvalue weighted by molar-refractivity contribution is 5.88. The number of hydrogen-bond acceptors (Lipinski definition) is 3. The normalized spacial score (nSPS) is 17.8. The Kier molecular flexibility index (Phi) is 2.31. The third-order valence-corrected chi connectivity index (χ3v) is 3.33. The molecule has 1 fully saturated rings. The van der Waals surface area contributed by atoms with Crippen LogP contribution < -0.4 is 10.5 Å². The van der Waals surface area contributed by atoms with Crippen LogP contribution in [-0.4, -0.2) is 20.3 Å². The molecule has 0 radical (unpaired) electrons. The molecule has 0 spiro atoms. The van der Waals surface area contributed by atoms with Crippen molar-refractivity contribution in [2.24, 2.45) is 5.73 Å². The number of ether oxygens (including phenoxy) is 2. The predicted molar refractivity (Wildman–Crippen MR) is 67.2 cm³/mol. The van der Waals surface area contributed by atoms with Crippen molar-refractivity contribution in [1.82, 2.24) is 0 Å². The molecule has 0 unspecified atom stereocenters. The Hall–Kier alpha value is -1.58. The summed E-state index contributed by atoms with van der Waals surface area (Å²) in [5, 5.41) is 2.33. The van der Waals surface area contributed by atoms with Crippen molar-refractivity contribution >= 4 is 10.8 Å². The second kappa shape index (κ2) is 3.72. The number of rotatable bonds is 2. The quantitative estimate of drug-likeness (QED) is 0.857. The first-order valence-electron chi connectivity index (χ1n) is 5.67. The van der Waals surface area contributed by atoms with E-state index in [1.54, 1.807) is 7.11 Å².